The van der Waals surface area contributed by atoms with Crippen molar-refractivity contribution in [2.24, 2.45) is 5.84 Å². The van der Waals surface area contributed by atoms with Crippen LogP contribution in [0, 0.1) is 0 Å². The lowest BCUT2D eigenvalue weighted by Crippen LogP contribution is -2.07. The van der Waals surface area contributed by atoms with Crippen LogP contribution < -0.4 is 11.3 Å². The second kappa shape index (κ2) is 3.94. The van der Waals surface area contributed by atoms with Gasteiger partial charge in [-0.2, -0.15) is 0 Å². The van der Waals surface area contributed by atoms with Crippen LogP contribution in [-0.4, -0.2) is 4.98 Å². The number of thiophene rings is 1. The molecule has 2 aromatic rings. The number of hydrazine groups is 1. The van der Waals surface area contributed by atoms with E-state index in [1.165, 1.54) is 0 Å². The summed E-state index contributed by atoms with van der Waals surface area (Å²) in [6.45, 7) is 2.15. The third kappa shape index (κ3) is 1.58. The number of fused-ring (bicyclic) bond motifs is 1. The average Bonchev–Trinajstić information content (AvgIpc) is 2.65. The van der Waals surface area contributed by atoms with Gasteiger partial charge in [0.2, 0.25) is 0 Å². The number of nitrogen functional groups attached to an aromatic ring is 1. The highest BCUT2D eigenvalue weighted by atomic mass is 32.1. The summed E-state index contributed by atoms with van der Waals surface area (Å²) >= 11 is 1.66. The minimum atomic E-state index is 0.980. The van der Waals surface area contributed by atoms with E-state index in [9.17, 15) is 0 Å². The third-order valence-corrected chi connectivity index (χ3v) is 3.06. The van der Waals surface area contributed by atoms with Crippen molar-refractivity contribution >= 4 is 27.2 Å². The van der Waals surface area contributed by atoms with Crippen LogP contribution >= 0.6 is 11.3 Å². The maximum Gasteiger partial charge on any atom is 0.0834 e. The van der Waals surface area contributed by atoms with Gasteiger partial charge in [0.25, 0.3) is 0 Å². The fourth-order valence-corrected chi connectivity index (χ4v) is 2.31. The molecule has 0 aliphatic rings. The van der Waals surface area contributed by atoms with Crippen molar-refractivity contribution in [3.63, 3.8) is 0 Å². The number of pyridine rings is 1. The molecule has 2 rings (SSSR count). The van der Waals surface area contributed by atoms with Gasteiger partial charge in [0.1, 0.15) is 0 Å². The number of hydrogen-bond acceptors (Lipinski definition) is 4. The van der Waals surface area contributed by atoms with Crippen LogP contribution in [0.3, 0.4) is 0 Å². The van der Waals surface area contributed by atoms with Gasteiger partial charge in [-0.05, 0) is 23.9 Å². The summed E-state index contributed by atoms with van der Waals surface area (Å²) in [6, 6.07) is 4.06. The zero-order valence-electron chi connectivity index (χ0n) is 8.08. The topological polar surface area (TPSA) is 50.9 Å². The van der Waals surface area contributed by atoms with Gasteiger partial charge < -0.3 is 5.43 Å². The molecular formula is C10H13N3S. The van der Waals surface area contributed by atoms with Crippen LogP contribution in [0.1, 0.15) is 19.0 Å². The quantitative estimate of drug-likeness (QED) is 0.600. The van der Waals surface area contributed by atoms with Gasteiger partial charge in [-0.25, -0.2) is 0 Å². The van der Waals surface area contributed by atoms with Crippen molar-refractivity contribution < 1.29 is 0 Å². The van der Waals surface area contributed by atoms with Gasteiger partial charge in [-0.1, -0.05) is 13.3 Å². The number of nitrogens with one attached hydrogen (secondary N) is 1. The lowest BCUT2D eigenvalue weighted by Gasteiger charge is -2.04. The molecule has 0 saturated heterocycles. The molecule has 3 nitrogen and oxygen atoms in total. The van der Waals surface area contributed by atoms with Gasteiger partial charge >= 0.3 is 0 Å². The van der Waals surface area contributed by atoms with E-state index < -0.39 is 0 Å². The Morgan fingerprint density at radius 2 is 2.43 bits per heavy atom. The Labute approximate surface area is 86.9 Å². The van der Waals surface area contributed by atoms with E-state index in [1.54, 1.807) is 11.3 Å². The zero-order chi connectivity index (χ0) is 9.97. The Hall–Kier alpha value is -1.13. The first-order valence-electron chi connectivity index (χ1n) is 4.69. The van der Waals surface area contributed by atoms with E-state index in [4.69, 9.17) is 5.84 Å². The molecule has 2 aromatic heterocycles. The maximum atomic E-state index is 5.47. The first-order valence-corrected chi connectivity index (χ1v) is 5.57. The lowest BCUT2D eigenvalue weighted by molar-refractivity contribution is 0.890. The molecule has 0 aliphatic heterocycles. The predicted molar refractivity (Wildman–Crippen MR) is 61.4 cm³/mol. The van der Waals surface area contributed by atoms with Gasteiger partial charge in [-0.15, -0.1) is 11.3 Å². The number of hydrogen-bond donors (Lipinski definition) is 2. The van der Waals surface area contributed by atoms with Crippen LogP contribution in [0.15, 0.2) is 17.5 Å². The van der Waals surface area contributed by atoms with Crippen molar-refractivity contribution in [3.8, 4) is 0 Å². The number of rotatable bonds is 3. The largest absolute Gasteiger partial charge is 0.323 e. The van der Waals surface area contributed by atoms with E-state index >= 15 is 0 Å². The number of nitrogens with zero attached hydrogens (tertiary/aromatic N) is 1. The van der Waals surface area contributed by atoms with E-state index in [1.807, 2.05) is 17.5 Å². The Kier molecular flexibility index (Phi) is 2.65. The molecule has 0 amide bonds. The summed E-state index contributed by atoms with van der Waals surface area (Å²) in [5.74, 6) is 5.47. The first-order chi connectivity index (χ1) is 6.85. The van der Waals surface area contributed by atoms with Crippen molar-refractivity contribution in [1.82, 2.24) is 4.98 Å². The van der Waals surface area contributed by atoms with Gasteiger partial charge in [-0.3, -0.25) is 10.8 Å². The highest BCUT2D eigenvalue weighted by Gasteiger charge is 2.05. The van der Waals surface area contributed by atoms with Crippen LogP contribution in [-0.2, 0) is 6.42 Å². The summed E-state index contributed by atoms with van der Waals surface area (Å²) in [5.41, 5.74) is 5.84. The zero-order valence-corrected chi connectivity index (χ0v) is 8.90. The number of aromatic nitrogens is 1. The number of nitrogens with two attached hydrogens (primary N) is 1. The summed E-state index contributed by atoms with van der Waals surface area (Å²) in [5, 5.41) is 2.04. The molecule has 3 N–H and O–H groups in total. The van der Waals surface area contributed by atoms with Crippen LogP contribution in [0.4, 0.5) is 5.69 Å². The van der Waals surface area contributed by atoms with E-state index in [0.717, 1.165) is 34.4 Å². The molecular weight excluding hydrogens is 194 g/mol. The fourth-order valence-electron chi connectivity index (χ4n) is 1.50. The first kappa shape index (κ1) is 9.43. The standard InChI is InChI=1S/C10H13N3S/c1-2-3-7-6-9(13-11)10-8(12-7)4-5-14-10/h4-6H,2-3,11H2,1H3,(H,12,13). The SMILES string of the molecule is CCCc1cc(NN)c2sccc2n1. The molecule has 0 saturated carbocycles. The molecule has 74 valence electrons. The Morgan fingerprint density at radius 3 is 3.14 bits per heavy atom. The molecule has 0 fully saturated rings. The third-order valence-electron chi connectivity index (χ3n) is 2.13. The molecule has 0 unspecified atom stereocenters. The molecule has 0 aromatic carbocycles. The van der Waals surface area contributed by atoms with Crippen LogP contribution in [0.25, 0.3) is 10.2 Å². The highest BCUT2D eigenvalue weighted by Crippen LogP contribution is 2.27. The minimum Gasteiger partial charge on any atom is -0.323 e. The van der Waals surface area contributed by atoms with Crippen molar-refractivity contribution in [3.05, 3.63) is 23.2 Å². The second-order valence-corrected chi connectivity index (χ2v) is 4.11. The minimum absolute atomic E-state index is 0.980. The highest BCUT2D eigenvalue weighted by molar-refractivity contribution is 7.17. The van der Waals surface area contributed by atoms with E-state index in [-0.39, 0.29) is 0 Å². The van der Waals surface area contributed by atoms with E-state index in [0.29, 0.717) is 0 Å². The summed E-state index contributed by atoms with van der Waals surface area (Å²) in [6.07, 6.45) is 2.10. The van der Waals surface area contributed by atoms with Crippen molar-refractivity contribution in [2.75, 3.05) is 5.43 Å². The molecule has 0 aliphatic carbocycles. The average molecular weight is 207 g/mol. The normalized spacial score (nSPS) is 10.7. The Morgan fingerprint density at radius 1 is 1.57 bits per heavy atom. The second-order valence-electron chi connectivity index (χ2n) is 3.19. The van der Waals surface area contributed by atoms with Gasteiger partial charge in [0.15, 0.2) is 0 Å². The molecule has 4 heteroatoms. The summed E-state index contributed by atoms with van der Waals surface area (Å²) in [4.78, 5) is 4.55. The summed E-state index contributed by atoms with van der Waals surface area (Å²) < 4.78 is 1.13. The Balaban J connectivity index is 2.55. The smallest absolute Gasteiger partial charge is 0.0834 e. The lowest BCUT2D eigenvalue weighted by atomic mass is 10.2. The molecule has 14 heavy (non-hydrogen) atoms. The summed E-state index contributed by atoms with van der Waals surface area (Å²) in [7, 11) is 0. The van der Waals surface area contributed by atoms with Crippen molar-refractivity contribution in [2.45, 2.75) is 19.8 Å². The van der Waals surface area contributed by atoms with Gasteiger partial charge in [0.05, 0.1) is 15.9 Å². The molecule has 0 bridgehead atoms. The Bertz CT molecular complexity index is 436. The number of anilines is 1. The molecule has 0 radical (unpaired) electrons. The predicted octanol–water partition coefficient (Wildman–Crippen LogP) is 2.53. The van der Waals surface area contributed by atoms with Crippen LogP contribution in [0.2, 0.25) is 0 Å². The van der Waals surface area contributed by atoms with Crippen LogP contribution in [0.5, 0.6) is 0 Å². The van der Waals surface area contributed by atoms with Crippen molar-refractivity contribution in [1.29, 1.82) is 0 Å². The fraction of sp³-hybridized carbons (Fsp3) is 0.300. The maximum absolute atomic E-state index is 5.47. The molecule has 2 heterocycles. The molecule has 0 spiro atoms. The monoisotopic (exact) mass is 207 g/mol. The molecule has 0 atom stereocenters. The van der Waals surface area contributed by atoms with E-state index in [2.05, 4.69) is 17.3 Å². The van der Waals surface area contributed by atoms with Gasteiger partial charge in [0, 0.05) is 5.69 Å². The number of aryl methyl sites for hydroxylation is 1.